The second kappa shape index (κ2) is 5.88. The summed E-state index contributed by atoms with van der Waals surface area (Å²) in [6, 6.07) is 9.05. The predicted molar refractivity (Wildman–Crippen MR) is 78.8 cm³/mol. The molecule has 1 heteroatoms. The Kier molecular flexibility index (Phi) is 4.45. The molecule has 2 rings (SSSR count). The van der Waals surface area contributed by atoms with Gasteiger partial charge in [-0.15, -0.1) is 0 Å². The molecule has 0 atom stereocenters. The smallest absolute Gasteiger partial charge is 0.0205 e. The molecule has 1 fully saturated rings. The lowest BCUT2D eigenvalue weighted by Crippen LogP contribution is -2.15. The van der Waals surface area contributed by atoms with Gasteiger partial charge in [-0.3, -0.25) is 0 Å². The van der Waals surface area contributed by atoms with Gasteiger partial charge in [0.15, 0.2) is 0 Å². The van der Waals surface area contributed by atoms with E-state index in [2.05, 4.69) is 50.4 Å². The Morgan fingerprint density at radius 1 is 1.11 bits per heavy atom. The van der Waals surface area contributed by atoms with E-state index in [4.69, 9.17) is 0 Å². The fourth-order valence-corrected chi connectivity index (χ4v) is 2.28. The summed E-state index contributed by atoms with van der Waals surface area (Å²) >= 11 is 0. The van der Waals surface area contributed by atoms with Gasteiger partial charge in [-0.1, -0.05) is 57.9 Å². The van der Waals surface area contributed by atoms with Gasteiger partial charge in [0.2, 0.25) is 0 Å². The summed E-state index contributed by atoms with van der Waals surface area (Å²) in [6.07, 6.45) is 5.73. The molecule has 0 radical (unpaired) electrons. The van der Waals surface area contributed by atoms with Gasteiger partial charge in [0.05, 0.1) is 0 Å². The number of hydrogen-bond donors (Lipinski definition) is 1. The Morgan fingerprint density at radius 3 is 2.33 bits per heavy atom. The van der Waals surface area contributed by atoms with E-state index in [1.807, 2.05) is 0 Å². The molecule has 0 spiro atoms. The Balaban J connectivity index is 1.69. The van der Waals surface area contributed by atoms with E-state index in [1.54, 1.807) is 0 Å². The zero-order valence-electron chi connectivity index (χ0n) is 12.1. The van der Waals surface area contributed by atoms with Gasteiger partial charge in [0, 0.05) is 6.54 Å². The maximum atomic E-state index is 3.54. The highest BCUT2D eigenvalue weighted by molar-refractivity contribution is 5.27. The van der Waals surface area contributed by atoms with Gasteiger partial charge >= 0.3 is 0 Å². The molecule has 1 aliphatic carbocycles. The molecule has 18 heavy (non-hydrogen) atoms. The van der Waals surface area contributed by atoms with Crippen LogP contribution in [-0.2, 0) is 12.0 Å². The summed E-state index contributed by atoms with van der Waals surface area (Å²) in [5.41, 5.74) is 3.07. The van der Waals surface area contributed by atoms with E-state index in [9.17, 15) is 0 Å². The molecule has 0 unspecified atom stereocenters. The summed E-state index contributed by atoms with van der Waals surface area (Å²) in [4.78, 5) is 0. The van der Waals surface area contributed by atoms with Crippen LogP contribution in [0.3, 0.4) is 0 Å². The van der Waals surface area contributed by atoms with Crippen LogP contribution in [0.2, 0.25) is 0 Å². The average Bonchev–Trinajstić information content (AvgIpc) is 3.12. The predicted octanol–water partition coefficient (Wildman–Crippen LogP) is 4.26. The third-order valence-electron chi connectivity index (χ3n) is 3.81. The molecule has 1 aromatic carbocycles. The highest BCUT2D eigenvalue weighted by Crippen LogP contribution is 2.33. The van der Waals surface area contributed by atoms with Gasteiger partial charge in [-0.05, 0) is 41.8 Å². The van der Waals surface area contributed by atoms with E-state index in [1.165, 1.54) is 36.8 Å². The Hall–Kier alpha value is -0.820. The zero-order chi connectivity index (χ0) is 13.0. The average molecular weight is 245 g/mol. The van der Waals surface area contributed by atoms with Crippen LogP contribution >= 0.6 is 0 Å². The molecule has 1 aliphatic rings. The van der Waals surface area contributed by atoms with Crippen molar-refractivity contribution in [3.63, 3.8) is 0 Å². The Bertz CT molecular complexity index is 354. The third kappa shape index (κ3) is 4.45. The Labute approximate surface area is 112 Å². The van der Waals surface area contributed by atoms with Gasteiger partial charge in [0.1, 0.15) is 0 Å². The molecule has 1 saturated carbocycles. The second-order valence-corrected chi connectivity index (χ2v) is 6.71. The molecule has 0 aliphatic heterocycles. The SMILES string of the molecule is CC(C)(C)c1ccc(CNCCCC2CC2)cc1. The number of benzene rings is 1. The first kappa shape index (κ1) is 13.6. The van der Waals surface area contributed by atoms with Gasteiger partial charge in [-0.25, -0.2) is 0 Å². The van der Waals surface area contributed by atoms with E-state index < -0.39 is 0 Å². The molecular formula is C17H27N. The van der Waals surface area contributed by atoms with Crippen molar-refractivity contribution >= 4 is 0 Å². The highest BCUT2D eigenvalue weighted by Gasteiger charge is 2.19. The first-order valence-corrected chi connectivity index (χ1v) is 7.36. The standard InChI is InChI=1S/C17H27N/c1-17(2,3)16-10-8-15(9-11-16)13-18-12-4-5-14-6-7-14/h8-11,14,18H,4-7,12-13H2,1-3H3. The number of nitrogens with one attached hydrogen (secondary N) is 1. The van der Waals surface area contributed by atoms with E-state index >= 15 is 0 Å². The second-order valence-electron chi connectivity index (χ2n) is 6.71. The van der Waals surface area contributed by atoms with Crippen LogP contribution in [0.4, 0.5) is 0 Å². The molecular weight excluding hydrogens is 218 g/mol. The van der Waals surface area contributed by atoms with Crippen molar-refractivity contribution in [2.45, 2.75) is 58.4 Å². The molecule has 0 bridgehead atoms. The van der Waals surface area contributed by atoms with Crippen molar-refractivity contribution in [2.24, 2.45) is 5.92 Å². The minimum Gasteiger partial charge on any atom is -0.313 e. The van der Waals surface area contributed by atoms with Crippen molar-refractivity contribution in [2.75, 3.05) is 6.54 Å². The van der Waals surface area contributed by atoms with Crippen molar-refractivity contribution < 1.29 is 0 Å². The first-order valence-electron chi connectivity index (χ1n) is 7.36. The molecule has 0 heterocycles. The van der Waals surface area contributed by atoms with Crippen molar-refractivity contribution in [1.29, 1.82) is 0 Å². The summed E-state index contributed by atoms with van der Waals surface area (Å²) < 4.78 is 0. The van der Waals surface area contributed by atoms with Crippen LogP contribution in [0, 0.1) is 5.92 Å². The summed E-state index contributed by atoms with van der Waals surface area (Å²) in [5.74, 6) is 1.07. The molecule has 0 saturated heterocycles. The van der Waals surface area contributed by atoms with Gasteiger partial charge < -0.3 is 5.32 Å². The maximum absolute atomic E-state index is 3.54. The van der Waals surface area contributed by atoms with Gasteiger partial charge in [0.25, 0.3) is 0 Å². The first-order chi connectivity index (χ1) is 8.55. The lowest BCUT2D eigenvalue weighted by atomic mass is 9.87. The van der Waals surface area contributed by atoms with E-state index in [0.29, 0.717) is 0 Å². The van der Waals surface area contributed by atoms with Gasteiger partial charge in [-0.2, -0.15) is 0 Å². The van der Waals surface area contributed by atoms with E-state index in [-0.39, 0.29) is 5.41 Å². The highest BCUT2D eigenvalue weighted by atomic mass is 14.8. The molecule has 0 amide bonds. The maximum Gasteiger partial charge on any atom is 0.0205 e. The fourth-order valence-electron chi connectivity index (χ4n) is 2.28. The van der Waals surface area contributed by atoms with Crippen molar-refractivity contribution in [1.82, 2.24) is 5.32 Å². The van der Waals surface area contributed by atoms with Crippen molar-refractivity contribution in [3.8, 4) is 0 Å². The minimum absolute atomic E-state index is 0.260. The van der Waals surface area contributed by atoms with Crippen LogP contribution in [0.15, 0.2) is 24.3 Å². The summed E-state index contributed by atoms with van der Waals surface area (Å²) in [6.45, 7) is 8.96. The zero-order valence-corrected chi connectivity index (χ0v) is 12.1. The largest absolute Gasteiger partial charge is 0.313 e. The topological polar surface area (TPSA) is 12.0 Å². The summed E-state index contributed by atoms with van der Waals surface area (Å²) in [7, 11) is 0. The van der Waals surface area contributed by atoms with Crippen LogP contribution in [0.25, 0.3) is 0 Å². The van der Waals surface area contributed by atoms with Crippen LogP contribution in [0.5, 0.6) is 0 Å². The lowest BCUT2D eigenvalue weighted by molar-refractivity contribution is 0.586. The summed E-state index contributed by atoms with van der Waals surface area (Å²) in [5, 5.41) is 3.54. The molecule has 1 aromatic rings. The fraction of sp³-hybridized carbons (Fsp3) is 0.647. The number of rotatable bonds is 6. The van der Waals surface area contributed by atoms with Crippen LogP contribution in [-0.4, -0.2) is 6.54 Å². The van der Waals surface area contributed by atoms with Crippen LogP contribution in [0.1, 0.15) is 57.6 Å². The van der Waals surface area contributed by atoms with E-state index in [0.717, 1.165) is 19.0 Å². The minimum atomic E-state index is 0.260. The Morgan fingerprint density at radius 2 is 1.78 bits per heavy atom. The quantitative estimate of drug-likeness (QED) is 0.738. The third-order valence-corrected chi connectivity index (χ3v) is 3.81. The normalized spacial score (nSPS) is 15.9. The molecule has 0 aromatic heterocycles. The molecule has 100 valence electrons. The molecule has 1 N–H and O–H groups in total. The monoisotopic (exact) mass is 245 g/mol. The van der Waals surface area contributed by atoms with Crippen LogP contribution < -0.4 is 5.32 Å². The molecule has 1 nitrogen and oxygen atoms in total. The number of hydrogen-bond acceptors (Lipinski definition) is 1. The van der Waals surface area contributed by atoms with Crippen molar-refractivity contribution in [3.05, 3.63) is 35.4 Å². The lowest BCUT2D eigenvalue weighted by Gasteiger charge is -2.19.